The third-order valence-electron chi connectivity index (χ3n) is 3.43. The Morgan fingerprint density at radius 1 is 1.13 bits per heavy atom. The zero-order valence-electron chi connectivity index (χ0n) is 12.8. The Morgan fingerprint density at radius 3 is 2.48 bits per heavy atom. The molecule has 0 bridgehead atoms. The van der Waals surface area contributed by atoms with Gasteiger partial charge in [0.15, 0.2) is 0 Å². The molecule has 0 aliphatic heterocycles. The molecule has 1 amide bonds. The number of nitrogens with one attached hydrogen (secondary N) is 1. The summed E-state index contributed by atoms with van der Waals surface area (Å²) in [6.07, 6.45) is 5.86. The monoisotopic (exact) mass is 307 g/mol. The van der Waals surface area contributed by atoms with E-state index < -0.39 is 0 Å². The molecule has 1 aromatic carbocycles. The number of aromatic nitrogens is 2. The minimum atomic E-state index is -0.0781. The molecule has 0 aliphatic carbocycles. The number of rotatable bonds is 5. The second kappa shape index (κ2) is 6.79. The molecule has 0 spiro atoms. The van der Waals surface area contributed by atoms with Crippen molar-refractivity contribution >= 4 is 11.6 Å². The Labute approximate surface area is 134 Å². The van der Waals surface area contributed by atoms with Gasteiger partial charge < -0.3 is 14.6 Å². The predicted octanol–water partition coefficient (Wildman–Crippen LogP) is 3.06. The maximum absolute atomic E-state index is 12.1. The fraction of sp³-hybridized carbons (Fsp3) is 0.111. The maximum Gasteiger partial charge on any atom is 0.228 e. The number of ether oxygens (including phenoxy) is 1. The third kappa shape index (κ3) is 3.77. The second-order valence-corrected chi connectivity index (χ2v) is 5.07. The number of pyridine rings is 1. The summed E-state index contributed by atoms with van der Waals surface area (Å²) >= 11 is 0. The highest BCUT2D eigenvalue weighted by atomic mass is 16.5. The summed E-state index contributed by atoms with van der Waals surface area (Å²) in [5.41, 5.74) is 2.68. The van der Waals surface area contributed by atoms with Crippen molar-refractivity contribution in [1.82, 2.24) is 9.55 Å². The molecule has 0 unspecified atom stereocenters. The molecule has 0 saturated heterocycles. The normalized spacial score (nSPS) is 10.3. The first kappa shape index (κ1) is 14.8. The number of hydrogen-bond donors (Lipinski definition) is 1. The highest BCUT2D eigenvalue weighted by Crippen LogP contribution is 2.13. The smallest absolute Gasteiger partial charge is 0.228 e. The molecule has 0 fully saturated rings. The molecule has 3 aromatic rings. The van der Waals surface area contributed by atoms with Crippen molar-refractivity contribution in [1.29, 1.82) is 0 Å². The van der Waals surface area contributed by atoms with Gasteiger partial charge in [0.1, 0.15) is 0 Å². The Balaban J connectivity index is 1.61. The Kier molecular flexibility index (Phi) is 4.38. The van der Waals surface area contributed by atoms with Gasteiger partial charge in [-0.15, -0.1) is 0 Å². The standard InChI is InChI=1S/C18H17N3O2/c1-23-18-9-6-15(13-19-18)20-17(22)12-14-4-7-16(8-5-14)21-10-2-3-11-21/h2-11,13H,12H2,1H3,(H,20,22). The summed E-state index contributed by atoms with van der Waals surface area (Å²) in [5, 5.41) is 2.82. The third-order valence-corrected chi connectivity index (χ3v) is 3.43. The van der Waals surface area contributed by atoms with Gasteiger partial charge in [-0.3, -0.25) is 4.79 Å². The van der Waals surface area contributed by atoms with Gasteiger partial charge in [-0.1, -0.05) is 12.1 Å². The largest absolute Gasteiger partial charge is 0.481 e. The molecule has 1 N–H and O–H groups in total. The lowest BCUT2D eigenvalue weighted by atomic mass is 10.1. The topological polar surface area (TPSA) is 56.1 Å². The van der Waals surface area contributed by atoms with Crippen molar-refractivity contribution in [3.05, 3.63) is 72.7 Å². The van der Waals surface area contributed by atoms with Crippen LogP contribution in [0.1, 0.15) is 5.56 Å². The average Bonchev–Trinajstić information content (AvgIpc) is 3.11. The highest BCUT2D eigenvalue weighted by Gasteiger charge is 2.05. The Morgan fingerprint density at radius 2 is 1.87 bits per heavy atom. The van der Waals surface area contributed by atoms with Crippen LogP contribution >= 0.6 is 0 Å². The van der Waals surface area contributed by atoms with Gasteiger partial charge in [-0.25, -0.2) is 4.98 Å². The van der Waals surface area contributed by atoms with Gasteiger partial charge in [0.25, 0.3) is 0 Å². The molecular formula is C18H17N3O2. The number of nitrogens with zero attached hydrogens (tertiary/aromatic N) is 2. The van der Waals surface area contributed by atoms with Gasteiger partial charge in [-0.2, -0.15) is 0 Å². The van der Waals surface area contributed by atoms with Crippen LogP contribution in [0.5, 0.6) is 5.88 Å². The van der Waals surface area contributed by atoms with Crippen molar-refractivity contribution in [3.8, 4) is 11.6 Å². The SMILES string of the molecule is COc1ccc(NC(=O)Cc2ccc(-n3cccc3)cc2)cn1. The first-order valence-electron chi connectivity index (χ1n) is 7.27. The van der Waals surface area contributed by atoms with Crippen molar-refractivity contribution in [3.63, 3.8) is 0 Å². The lowest BCUT2D eigenvalue weighted by molar-refractivity contribution is -0.115. The molecule has 5 heteroatoms. The minimum absolute atomic E-state index is 0.0781. The molecule has 0 aliphatic rings. The first-order chi connectivity index (χ1) is 11.2. The fourth-order valence-electron chi connectivity index (χ4n) is 2.26. The zero-order valence-corrected chi connectivity index (χ0v) is 12.8. The van der Waals surface area contributed by atoms with Gasteiger partial charge in [-0.05, 0) is 35.9 Å². The van der Waals surface area contributed by atoms with E-state index in [0.29, 0.717) is 18.0 Å². The lowest BCUT2D eigenvalue weighted by Gasteiger charge is -2.07. The number of hydrogen-bond acceptors (Lipinski definition) is 3. The van der Waals surface area contributed by atoms with Gasteiger partial charge in [0, 0.05) is 24.1 Å². The van der Waals surface area contributed by atoms with E-state index in [1.807, 2.05) is 53.4 Å². The molecule has 5 nitrogen and oxygen atoms in total. The van der Waals surface area contributed by atoms with E-state index in [1.54, 1.807) is 25.4 Å². The van der Waals surface area contributed by atoms with Gasteiger partial charge >= 0.3 is 0 Å². The molecule has 2 heterocycles. The van der Waals surface area contributed by atoms with Crippen LogP contribution in [0.15, 0.2) is 67.1 Å². The molecule has 0 atom stereocenters. The molecule has 0 saturated carbocycles. The molecule has 2 aromatic heterocycles. The maximum atomic E-state index is 12.1. The van der Waals surface area contributed by atoms with Crippen LogP contribution in [-0.4, -0.2) is 22.6 Å². The van der Waals surface area contributed by atoms with Crippen LogP contribution in [0.2, 0.25) is 0 Å². The number of carbonyl (C=O) groups excluding carboxylic acids is 1. The van der Waals surface area contributed by atoms with E-state index in [9.17, 15) is 4.79 Å². The molecule has 23 heavy (non-hydrogen) atoms. The number of benzene rings is 1. The summed E-state index contributed by atoms with van der Waals surface area (Å²) in [5.74, 6) is 0.439. The van der Waals surface area contributed by atoms with Crippen LogP contribution in [0.3, 0.4) is 0 Å². The summed E-state index contributed by atoms with van der Waals surface area (Å²) in [7, 11) is 1.55. The number of amides is 1. The first-order valence-corrected chi connectivity index (χ1v) is 7.27. The lowest BCUT2D eigenvalue weighted by Crippen LogP contribution is -2.14. The molecule has 116 valence electrons. The van der Waals surface area contributed by atoms with Crippen LogP contribution in [0.25, 0.3) is 5.69 Å². The minimum Gasteiger partial charge on any atom is -0.481 e. The van der Waals surface area contributed by atoms with Crippen molar-refractivity contribution in [2.24, 2.45) is 0 Å². The van der Waals surface area contributed by atoms with Crippen LogP contribution in [-0.2, 0) is 11.2 Å². The van der Waals surface area contributed by atoms with Crippen LogP contribution in [0.4, 0.5) is 5.69 Å². The van der Waals surface area contributed by atoms with Gasteiger partial charge in [0.05, 0.1) is 25.4 Å². The summed E-state index contributed by atoms with van der Waals surface area (Å²) in [6.45, 7) is 0. The average molecular weight is 307 g/mol. The van der Waals surface area contributed by atoms with Crippen molar-refractivity contribution < 1.29 is 9.53 Å². The van der Waals surface area contributed by atoms with Gasteiger partial charge in [0.2, 0.25) is 11.8 Å². The Bertz CT molecular complexity index is 763. The quantitative estimate of drug-likeness (QED) is 0.788. The van der Waals surface area contributed by atoms with E-state index in [2.05, 4.69) is 10.3 Å². The zero-order chi connectivity index (χ0) is 16.1. The predicted molar refractivity (Wildman–Crippen MR) is 88.9 cm³/mol. The van der Waals surface area contributed by atoms with E-state index in [4.69, 9.17) is 4.74 Å². The van der Waals surface area contributed by atoms with Crippen molar-refractivity contribution in [2.45, 2.75) is 6.42 Å². The van der Waals surface area contributed by atoms with Crippen molar-refractivity contribution in [2.75, 3.05) is 12.4 Å². The number of methoxy groups -OCH3 is 1. The van der Waals surface area contributed by atoms with E-state index >= 15 is 0 Å². The van der Waals surface area contributed by atoms with Crippen LogP contribution in [0, 0.1) is 0 Å². The highest BCUT2D eigenvalue weighted by molar-refractivity contribution is 5.92. The van der Waals surface area contributed by atoms with Crippen LogP contribution < -0.4 is 10.1 Å². The van der Waals surface area contributed by atoms with E-state index in [1.165, 1.54) is 0 Å². The Hall–Kier alpha value is -3.08. The number of carbonyl (C=O) groups is 1. The summed E-state index contributed by atoms with van der Waals surface area (Å²) in [6, 6.07) is 15.3. The van der Waals surface area contributed by atoms with E-state index in [-0.39, 0.29) is 5.91 Å². The van der Waals surface area contributed by atoms with E-state index in [0.717, 1.165) is 11.3 Å². The molecule has 0 radical (unpaired) electrons. The molecule has 3 rings (SSSR count). The molecular weight excluding hydrogens is 290 g/mol. The summed E-state index contributed by atoms with van der Waals surface area (Å²) < 4.78 is 7.01. The second-order valence-electron chi connectivity index (χ2n) is 5.07. The summed E-state index contributed by atoms with van der Waals surface area (Å²) in [4.78, 5) is 16.1. The fourth-order valence-corrected chi connectivity index (χ4v) is 2.26. The number of anilines is 1.